The number of halogens is 2. The Morgan fingerprint density at radius 3 is 2.85 bits per heavy atom. The van der Waals surface area contributed by atoms with Crippen LogP contribution < -0.4 is 0 Å². The summed E-state index contributed by atoms with van der Waals surface area (Å²) in [4.78, 5) is 4.38. The molecule has 0 saturated carbocycles. The third kappa shape index (κ3) is 2.06. The highest BCUT2D eigenvalue weighted by Crippen LogP contribution is 2.33. The minimum Gasteiger partial charge on any atom is -0.507 e. The van der Waals surface area contributed by atoms with E-state index in [9.17, 15) is 9.50 Å². The lowest BCUT2D eigenvalue weighted by molar-refractivity contribution is 0.476. The van der Waals surface area contributed by atoms with E-state index >= 15 is 0 Å². The molecule has 0 spiro atoms. The van der Waals surface area contributed by atoms with Crippen molar-refractivity contribution in [3.05, 3.63) is 45.8 Å². The molecule has 1 heterocycles. The van der Waals surface area contributed by atoms with Crippen LogP contribution in [0.1, 0.15) is 6.92 Å². The Hall–Kier alpha value is -1.63. The molecule has 0 radical (unpaired) electrons. The average Bonchev–Trinajstić information content (AvgIpc) is 2.81. The highest BCUT2D eigenvalue weighted by Gasteiger charge is 2.16. The maximum atomic E-state index is 13.9. The SMILES string of the molecule is CCn1c(-c2cc(I)ccc2O)nc2c(F)cccc21. The number of para-hydroxylation sites is 1. The number of aromatic hydroxyl groups is 1. The molecular weight excluding hydrogens is 370 g/mol. The van der Waals surface area contributed by atoms with Crippen LogP contribution in [0.3, 0.4) is 0 Å². The summed E-state index contributed by atoms with van der Waals surface area (Å²) in [5.74, 6) is 0.389. The molecule has 0 saturated heterocycles. The van der Waals surface area contributed by atoms with Crippen molar-refractivity contribution in [3.63, 3.8) is 0 Å². The number of phenolic OH excluding ortho intramolecular Hbond substituents is 1. The number of aryl methyl sites for hydroxylation is 1. The topological polar surface area (TPSA) is 38.0 Å². The van der Waals surface area contributed by atoms with Crippen LogP contribution in [-0.4, -0.2) is 14.7 Å². The lowest BCUT2D eigenvalue weighted by atomic mass is 10.2. The Bertz CT molecular complexity index is 798. The maximum absolute atomic E-state index is 13.9. The summed E-state index contributed by atoms with van der Waals surface area (Å²) in [6.45, 7) is 2.63. The number of imidazole rings is 1. The van der Waals surface area contributed by atoms with Gasteiger partial charge in [-0.15, -0.1) is 0 Å². The number of benzene rings is 2. The van der Waals surface area contributed by atoms with Crippen LogP contribution in [0.25, 0.3) is 22.4 Å². The first-order valence-corrected chi connectivity index (χ1v) is 7.33. The lowest BCUT2D eigenvalue weighted by Gasteiger charge is -2.08. The van der Waals surface area contributed by atoms with E-state index in [-0.39, 0.29) is 11.6 Å². The maximum Gasteiger partial charge on any atom is 0.151 e. The van der Waals surface area contributed by atoms with Crippen molar-refractivity contribution in [1.82, 2.24) is 9.55 Å². The Balaban J connectivity index is 2.36. The molecule has 0 unspecified atom stereocenters. The van der Waals surface area contributed by atoms with Crippen LogP contribution in [0.5, 0.6) is 5.75 Å². The third-order valence-corrected chi connectivity index (χ3v) is 3.92. The van der Waals surface area contributed by atoms with Gasteiger partial charge in [0.05, 0.1) is 11.1 Å². The number of rotatable bonds is 2. The predicted molar refractivity (Wildman–Crippen MR) is 85.2 cm³/mol. The van der Waals surface area contributed by atoms with E-state index in [0.717, 1.165) is 9.09 Å². The third-order valence-electron chi connectivity index (χ3n) is 3.25. The smallest absolute Gasteiger partial charge is 0.151 e. The number of hydrogen-bond donors (Lipinski definition) is 1. The molecular formula is C15H12FIN2O. The van der Waals surface area contributed by atoms with E-state index in [2.05, 4.69) is 27.6 Å². The Labute approximate surface area is 129 Å². The van der Waals surface area contributed by atoms with E-state index in [1.165, 1.54) is 6.07 Å². The van der Waals surface area contributed by atoms with Crippen molar-refractivity contribution < 1.29 is 9.50 Å². The first-order chi connectivity index (χ1) is 9.61. The molecule has 0 fully saturated rings. The zero-order valence-electron chi connectivity index (χ0n) is 10.8. The van der Waals surface area contributed by atoms with Gasteiger partial charge in [-0.2, -0.15) is 0 Å². The number of aromatic nitrogens is 2. The van der Waals surface area contributed by atoms with Crippen molar-refractivity contribution in [1.29, 1.82) is 0 Å². The quantitative estimate of drug-likeness (QED) is 0.676. The van der Waals surface area contributed by atoms with Crippen LogP contribution in [0.15, 0.2) is 36.4 Å². The standard InChI is InChI=1S/C15H12FIN2O/c1-2-19-12-5-3-4-11(16)14(12)18-15(19)10-8-9(17)6-7-13(10)20/h3-8,20H,2H2,1H3. The fourth-order valence-corrected chi connectivity index (χ4v) is 2.82. The molecule has 0 atom stereocenters. The summed E-state index contributed by atoms with van der Waals surface area (Å²) in [6.07, 6.45) is 0. The number of phenols is 1. The Kier molecular flexibility index (Phi) is 3.37. The van der Waals surface area contributed by atoms with Crippen molar-refractivity contribution in [2.24, 2.45) is 0 Å². The number of fused-ring (bicyclic) bond motifs is 1. The Morgan fingerprint density at radius 1 is 1.30 bits per heavy atom. The molecule has 1 aromatic heterocycles. The highest BCUT2D eigenvalue weighted by molar-refractivity contribution is 14.1. The van der Waals surface area contributed by atoms with E-state index in [0.29, 0.717) is 23.4 Å². The lowest BCUT2D eigenvalue weighted by Crippen LogP contribution is -1.97. The summed E-state index contributed by atoms with van der Waals surface area (Å²) < 4.78 is 16.8. The van der Waals surface area contributed by atoms with Gasteiger partial charge in [0.2, 0.25) is 0 Å². The predicted octanol–water partition coefficient (Wildman–Crippen LogP) is 4.17. The molecule has 3 rings (SSSR count). The van der Waals surface area contributed by atoms with E-state index in [4.69, 9.17) is 0 Å². The molecule has 0 aliphatic rings. The monoisotopic (exact) mass is 382 g/mol. The molecule has 102 valence electrons. The molecule has 3 aromatic rings. The summed E-state index contributed by atoms with van der Waals surface area (Å²) in [6, 6.07) is 10.2. The van der Waals surface area contributed by atoms with Gasteiger partial charge in [-0.3, -0.25) is 0 Å². The molecule has 0 aliphatic heterocycles. The number of hydrogen-bond acceptors (Lipinski definition) is 2. The van der Waals surface area contributed by atoms with Gasteiger partial charge in [0.1, 0.15) is 17.1 Å². The molecule has 2 aromatic carbocycles. The summed E-state index contributed by atoms with van der Waals surface area (Å²) in [7, 11) is 0. The van der Waals surface area contributed by atoms with E-state index in [1.54, 1.807) is 12.1 Å². The highest BCUT2D eigenvalue weighted by atomic mass is 127. The molecule has 3 nitrogen and oxygen atoms in total. The van der Waals surface area contributed by atoms with Crippen LogP contribution >= 0.6 is 22.6 Å². The largest absolute Gasteiger partial charge is 0.507 e. The van der Waals surface area contributed by atoms with Gasteiger partial charge in [0, 0.05) is 10.1 Å². The van der Waals surface area contributed by atoms with Crippen molar-refractivity contribution in [3.8, 4) is 17.1 Å². The summed E-state index contributed by atoms with van der Waals surface area (Å²) in [5.41, 5.74) is 1.69. The second-order valence-electron chi connectivity index (χ2n) is 4.45. The zero-order chi connectivity index (χ0) is 14.3. The van der Waals surface area contributed by atoms with Crippen molar-refractivity contribution >= 4 is 33.6 Å². The summed E-state index contributed by atoms with van der Waals surface area (Å²) >= 11 is 2.18. The fourth-order valence-electron chi connectivity index (χ4n) is 2.33. The van der Waals surface area contributed by atoms with Gasteiger partial charge < -0.3 is 9.67 Å². The van der Waals surface area contributed by atoms with Gasteiger partial charge in [0.15, 0.2) is 5.82 Å². The van der Waals surface area contributed by atoms with Crippen LogP contribution in [-0.2, 0) is 6.54 Å². The van der Waals surface area contributed by atoms with Gasteiger partial charge in [-0.05, 0) is 59.8 Å². The van der Waals surface area contributed by atoms with Gasteiger partial charge >= 0.3 is 0 Å². The van der Waals surface area contributed by atoms with Crippen LogP contribution in [0, 0.1) is 9.39 Å². The molecule has 5 heteroatoms. The van der Waals surface area contributed by atoms with Crippen molar-refractivity contribution in [2.45, 2.75) is 13.5 Å². The number of nitrogens with zero attached hydrogens (tertiary/aromatic N) is 2. The summed E-state index contributed by atoms with van der Waals surface area (Å²) in [5, 5.41) is 10.1. The second-order valence-corrected chi connectivity index (χ2v) is 5.69. The minimum absolute atomic E-state index is 0.149. The van der Waals surface area contributed by atoms with E-state index in [1.807, 2.05) is 29.7 Å². The van der Waals surface area contributed by atoms with Crippen LogP contribution in [0.2, 0.25) is 0 Å². The second kappa shape index (κ2) is 5.05. The van der Waals surface area contributed by atoms with E-state index < -0.39 is 0 Å². The Morgan fingerprint density at radius 2 is 2.10 bits per heavy atom. The van der Waals surface area contributed by atoms with Gasteiger partial charge in [-0.25, -0.2) is 9.37 Å². The molecule has 0 bridgehead atoms. The van der Waals surface area contributed by atoms with Crippen molar-refractivity contribution in [2.75, 3.05) is 0 Å². The van der Waals surface area contributed by atoms with Gasteiger partial charge in [-0.1, -0.05) is 6.07 Å². The van der Waals surface area contributed by atoms with Gasteiger partial charge in [0.25, 0.3) is 0 Å². The molecule has 20 heavy (non-hydrogen) atoms. The normalized spacial score (nSPS) is 11.2. The molecule has 1 N–H and O–H groups in total. The molecule has 0 aliphatic carbocycles. The first-order valence-electron chi connectivity index (χ1n) is 6.25. The molecule has 0 amide bonds. The fraction of sp³-hybridized carbons (Fsp3) is 0.133. The van der Waals surface area contributed by atoms with Crippen LogP contribution in [0.4, 0.5) is 4.39 Å². The first kappa shape index (κ1) is 13.4. The average molecular weight is 382 g/mol. The zero-order valence-corrected chi connectivity index (χ0v) is 12.9. The minimum atomic E-state index is -0.346.